The molecule has 1 amide bonds. The van der Waals surface area contributed by atoms with Crippen LogP contribution in [-0.2, 0) is 4.79 Å². The lowest BCUT2D eigenvalue weighted by atomic mass is 10.1. The predicted molar refractivity (Wildman–Crippen MR) is 166 cm³/mol. The normalized spacial score (nSPS) is 11.6. The van der Waals surface area contributed by atoms with E-state index in [0.29, 0.717) is 51.6 Å². The monoisotopic (exact) mass is 596 g/mol. The molecule has 5 heterocycles. The fraction of sp³-hybridized carbons (Fsp3) is 0.226. The van der Waals surface area contributed by atoms with Gasteiger partial charge in [0.05, 0.1) is 28.5 Å². The summed E-state index contributed by atoms with van der Waals surface area (Å²) in [7, 11) is 3.93. The number of likely N-dealkylation sites (N-methyl/N-ethyl adjacent to an activating group) is 1. The van der Waals surface area contributed by atoms with Gasteiger partial charge in [0.25, 0.3) is 0 Å². The van der Waals surface area contributed by atoms with Crippen LogP contribution in [0.1, 0.15) is 13.8 Å². The second kappa shape index (κ2) is 11.8. The predicted octanol–water partition coefficient (Wildman–Crippen LogP) is 5.47. The third kappa shape index (κ3) is 5.69. The van der Waals surface area contributed by atoms with E-state index >= 15 is 4.39 Å². The largest absolute Gasteiger partial charge is 0.384 e. The number of aromatic nitrogens is 7. The second-order valence-electron chi connectivity index (χ2n) is 11.0. The number of aromatic amines is 2. The minimum atomic E-state index is -0.578. The molecule has 1 aromatic carbocycles. The van der Waals surface area contributed by atoms with Crippen molar-refractivity contribution in [2.45, 2.75) is 13.8 Å². The van der Waals surface area contributed by atoms with Crippen molar-refractivity contribution in [3.63, 3.8) is 0 Å². The first-order valence-corrected chi connectivity index (χ1v) is 14.0. The van der Waals surface area contributed by atoms with E-state index in [0.717, 1.165) is 6.54 Å². The Morgan fingerprint density at radius 2 is 1.84 bits per heavy atom. The van der Waals surface area contributed by atoms with Gasteiger partial charge in [-0.3, -0.25) is 19.9 Å². The van der Waals surface area contributed by atoms with E-state index in [2.05, 4.69) is 40.8 Å². The van der Waals surface area contributed by atoms with Crippen LogP contribution in [0.4, 0.5) is 20.2 Å². The van der Waals surface area contributed by atoms with Crippen molar-refractivity contribution in [3.8, 4) is 33.9 Å². The molecule has 0 aliphatic rings. The molecule has 224 valence electrons. The molecule has 0 radical (unpaired) electrons. The van der Waals surface area contributed by atoms with Crippen LogP contribution in [-0.4, -0.2) is 73.1 Å². The number of fused-ring (bicyclic) bond motifs is 2. The van der Waals surface area contributed by atoms with Gasteiger partial charge in [0.1, 0.15) is 22.8 Å². The number of hydrogen-bond donors (Lipinski definition) is 4. The third-order valence-electron chi connectivity index (χ3n) is 7.06. The molecule has 5 aromatic heterocycles. The summed E-state index contributed by atoms with van der Waals surface area (Å²) < 4.78 is 30.8. The molecular formula is C31H30F2N10O. The van der Waals surface area contributed by atoms with E-state index in [1.54, 1.807) is 32.2 Å². The van der Waals surface area contributed by atoms with Crippen molar-refractivity contribution in [3.05, 3.63) is 66.8 Å². The van der Waals surface area contributed by atoms with Crippen molar-refractivity contribution in [2.75, 3.05) is 37.8 Å². The van der Waals surface area contributed by atoms with Gasteiger partial charge in [-0.15, -0.1) is 0 Å². The zero-order chi connectivity index (χ0) is 31.0. The lowest BCUT2D eigenvalue weighted by Gasteiger charge is -2.12. The minimum Gasteiger partial charge on any atom is -0.384 e. The maximum absolute atomic E-state index is 16.2. The first-order valence-electron chi connectivity index (χ1n) is 14.0. The maximum atomic E-state index is 16.2. The van der Waals surface area contributed by atoms with E-state index < -0.39 is 11.6 Å². The third-order valence-corrected chi connectivity index (χ3v) is 7.06. The number of hydrogen-bond acceptors (Lipinski definition) is 8. The van der Waals surface area contributed by atoms with Gasteiger partial charge in [-0.05, 0) is 44.4 Å². The topological polar surface area (TPSA) is 140 Å². The van der Waals surface area contributed by atoms with Crippen LogP contribution in [0.2, 0.25) is 0 Å². The van der Waals surface area contributed by atoms with E-state index in [-0.39, 0.29) is 34.1 Å². The maximum Gasteiger partial charge on any atom is 0.226 e. The summed E-state index contributed by atoms with van der Waals surface area (Å²) in [4.78, 5) is 35.2. The number of H-pyrrole nitrogens is 2. The molecule has 0 unspecified atom stereocenters. The summed E-state index contributed by atoms with van der Waals surface area (Å²) >= 11 is 0. The van der Waals surface area contributed by atoms with Gasteiger partial charge in [-0.25, -0.2) is 18.7 Å². The number of carbonyl (C=O) groups is 1. The Bertz CT molecular complexity index is 2000. The first-order chi connectivity index (χ1) is 21.2. The smallest absolute Gasteiger partial charge is 0.226 e. The van der Waals surface area contributed by atoms with Crippen molar-refractivity contribution in [2.24, 2.45) is 5.92 Å². The highest BCUT2D eigenvalue weighted by Gasteiger charge is 2.22. The van der Waals surface area contributed by atoms with Crippen molar-refractivity contribution >= 4 is 39.3 Å². The zero-order valence-electron chi connectivity index (χ0n) is 24.5. The Morgan fingerprint density at radius 1 is 1.02 bits per heavy atom. The van der Waals surface area contributed by atoms with Crippen LogP contribution in [0.5, 0.6) is 0 Å². The average Bonchev–Trinajstić information content (AvgIpc) is 3.62. The van der Waals surface area contributed by atoms with Gasteiger partial charge in [0, 0.05) is 60.0 Å². The van der Waals surface area contributed by atoms with Crippen LogP contribution in [0, 0.1) is 17.6 Å². The molecule has 11 nitrogen and oxygen atoms in total. The molecule has 0 spiro atoms. The number of anilines is 2. The van der Waals surface area contributed by atoms with Crippen molar-refractivity contribution < 1.29 is 13.6 Å². The molecule has 13 heteroatoms. The van der Waals surface area contributed by atoms with Crippen LogP contribution in [0.3, 0.4) is 0 Å². The molecule has 0 saturated carbocycles. The Hall–Kier alpha value is -5.30. The Kier molecular flexibility index (Phi) is 7.70. The molecule has 0 atom stereocenters. The number of carbonyl (C=O) groups excluding carboxylic acids is 1. The molecule has 6 aromatic rings. The van der Waals surface area contributed by atoms with Gasteiger partial charge >= 0.3 is 0 Å². The van der Waals surface area contributed by atoms with Gasteiger partial charge < -0.3 is 20.5 Å². The number of nitrogens with zero attached hydrogens (tertiary/aromatic N) is 6. The van der Waals surface area contributed by atoms with E-state index in [1.165, 1.54) is 30.7 Å². The minimum absolute atomic E-state index is 0.130. The van der Waals surface area contributed by atoms with Crippen molar-refractivity contribution in [1.82, 2.24) is 40.0 Å². The second-order valence-corrected chi connectivity index (χ2v) is 11.0. The molecule has 0 bridgehead atoms. The number of benzene rings is 1. The highest BCUT2D eigenvalue weighted by Crippen LogP contribution is 2.35. The Morgan fingerprint density at radius 3 is 2.64 bits per heavy atom. The van der Waals surface area contributed by atoms with Gasteiger partial charge in [-0.2, -0.15) is 5.10 Å². The number of nitrogens with one attached hydrogen (secondary N) is 4. The highest BCUT2D eigenvalue weighted by atomic mass is 19.1. The van der Waals surface area contributed by atoms with Crippen LogP contribution in [0.25, 0.3) is 56.0 Å². The van der Waals surface area contributed by atoms with Crippen LogP contribution in [0.15, 0.2) is 55.1 Å². The average molecular weight is 597 g/mol. The number of pyridine rings is 3. The van der Waals surface area contributed by atoms with Gasteiger partial charge in [0.15, 0.2) is 11.5 Å². The summed E-state index contributed by atoms with van der Waals surface area (Å²) in [5.41, 5.74) is 4.25. The molecule has 4 N–H and O–H groups in total. The molecule has 0 fully saturated rings. The molecular weight excluding hydrogens is 566 g/mol. The fourth-order valence-electron chi connectivity index (χ4n) is 4.78. The number of rotatable bonds is 9. The van der Waals surface area contributed by atoms with E-state index in [1.807, 2.05) is 25.1 Å². The molecule has 0 saturated heterocycles. The molecule has 0 aliphatic heterocycles. The number of halogens is 2. The number of imidazole rings is 1. The summed E-state index contributed by atoms with van der Waals surface area (Å²) in [6.07, 6.45) is 5.98. The Balaban J connectivity index is 1.39. The van der Waals surface area contributed by atoms with Gasteiger partial charge in [-0.1, -0.05) is 13.8 Å². The lowest BCUT2D eigenvalue weighted by Crippen LogP contribution is -2.20. The quantitative estimate of drug-likeness (QED) is 0.172. The van der Waals surface area contributed by atoms with Crippen LogP contribution < -0.4 is 10.6 Å². The van der Waals surface area contributed by atoms with Crippen molar-refractivity contribution in [1.29, 1.82) is 0 Å². The van der Waals surface area contributed by atoms with E-state index in [9.17, 15) is 9.18 Å². The van der Waals surface area contributed by atoms with Crippen LogP contribution >= 0.6 is 0 Å². The Labute approximate surface area is 251 Å². The summed E-state index contributed by atoms with van der Waals surface area (Å²) in [5, 5.41) is 13.2. The molecule has 44 heavy (non-hydrogen) atoms. The summed E-state index contributed by atoms with van der Waals surface area (Å²) in [6, 6.07) is 8.04. The fourth-order valence-corrected chi connectivity index (χ4v) is 4.78. The first kappa shape index (κ1) is 28.8. The molecule has 6 rings (SSSR count). The standard InChI is InChI=1S/C31H30F2N10O/c1-16(2)31(44)38-21-11-18(13-34-14-21)22-15-37-29-24(25(22)33)28(41-42-29)30-39-23-5-6-36-26(27(23)40-30)17-9-19(32)12-20(10-17)35-7-8-43(3)4/h5-6,9-16,35H,7-8H2,1-4H3,(H,38,44)(H,39,40)(H,37,41,42). The number of amides is 1. The molecule has 0 aliphatic carbocycles. The summed E-state index contributed by atoms with van der Waals surface area (Å²) in [5.74, 6) is -1.08. The van der Waals surface area contributed by atoms with Gasteiger partial charge in [0.2, 0.25) is 5.91 Å². The lowest BCUT2D eigenvalue weighted by molar-refractivity contribution is -0.118. The SMILES string of the molecule is CC(C)C(=O)Nc1cncc(-c2cnc3n[nH]c(-c4nc5c(-c6cc(F)cc(NCCN(C)C)c6)nccc5[nH]4)c3c2F)c1. The summed E-state index contributed by atoms with van der Waals surface area (Å²) in [6.45, 7) is 4.98. The highest BCUT2D eigenvalue weighted by molar-refractivity contribution is 5.97. The zero-order valence-corrected chi connectivity index (χ0v) is 24.5. The van der Waals surface area contributed by atoms with E-state index in [4.69, 9.17) is 4.98 Å².